The van der Waals surface area contributed by atoms with Crippen molar-refractivity contribution in [3.8, 4) is 0 Å². The molecule has 3 heterocycles. The van der Waals surface area contributed by atoms with Crippen LogP contribution in [0.4, 0.5) is 10.2 Å². The van der Waals surface area contributed by atoms with E-state index in [1.165, 1.54) is 22.6 Å². The van der Waals surface area contributed by atoms with Gasteiger partial charge in [-0.1, -0.05) is 6.07 Å². The highest BCUT2D eigenvalue weighted by Crippen LogP contribution is 2.19. The quantitative estimate of drug-likeness (QED) is 0.452. The summed E-state index contributed by atoms with van der Waals surface area (Å²) in [5.41, 5.74) is 0.832. The van der Waals surface area contributed by atoms with Crippen LogP contribution in [-0.2, 0) is 0 Å². The van der Waals surface area contributed by atoms with Gasteiger partial charge in [0.05, 0.1) is 11.0 Å². The topological polar surface area (TPSA) is 117 Å². The first kappa shape index (κ1) is 16.6. The second-order valence-corrected chi connectivity index (χ2v) is 5.68. The van der Waals surface area contributed by atoms with Gasteiger partial charge in [0.25, 0.3) is 5.91 Å². The lowest BCUT2D eigenvalue weighted by molar-refractivity contribution is 0.0950. The molecule has 136 valence electrons. The number of fused-ring (bicyclic) bond motifs is 3. The summed E-state index contributed by atoms with van der Waals surface area (Å²) in [5.74, 6) is -0.420. The van der Waals surface area contributed by atoms with E-state index in [9.17, 15) is 14.0 Å². The maximum absolute atomic E-state index is 13.5. The number of carbonyl (C=O) groups is 1. The number of halogens is 1. The summed E-state index contributed by atoms with van der Waals surface area (Å²) in [5, 5.41) is 12.0. The molecule has 0 saturated carbocycles. The third-order valence-corrected chi connectivity index (χ3v) is 3.90. The van der Waals surface area contributed by atoms with E-state index in [1.54, 1.807) is 24.4 Å². The number of pyridine rings is 1. The van der Waals surface area contributed by atoms with Crippen LogP contribution in [-0.4, -0.2) is 43.6 Å². The van der Waals surface area contributed by atoms with Gasteiger partial charge >= 0.3 is 5.69 Å². The van der Waals surface area contributed by atoms with Crippen LogP contribution >= 0.6 is 0 Å². The molecular weight excluding hydrogens is 353 g/mol. The SMILES string of the molecule is O=C(NCCNc1nc2ccc(F)cc2n2c(=O)[nH]nc12)c1ccccn1. The summed E-state index contributed by atoms with van der Waals surface area (Å²) < 4.78 is 14.8. The second kappa shape index (κ2) is 6.83. The Hall–Kier alpha value is -3.82. The first-order valence-electron chi connectivity index (χ1n) is 8.13. The Morgan fingerprint density at radius 3 is 2.93 bits per heavy atom. The molecule has 0 aliphatic heterocycles. The van der Waals surface area contributed by atoms with Crippen molar-refractivity contribution in [2.75, 3.05) is 18.4 Å². The van der Waals surface area contributed by atoms with Gasteiger partial charge in [0.2, 0.25) is 5.65 Å². The fourth-order valence-corrected chi connectivity index (χ4v) is 2.68. The Kier molecular flexibility index (Phi) is 4.21. The Bertz CT molecular complexity index is 1190. The predicted molar refractivity (Wildman–Crippen MR) is 96.1 cm³/mol. The molecule has 3 aromatic heterocycles. The van der Waals surface area contributed by atoms with E-state index in [0.717, 1.165) is 0 Å². The Morgan fingerprint density at radius 1 is 1.22 bits per heavy atom. The molecule has 10 heteroatoms. The van der Waals surface area contributed by atoms with Crippen molar-refractivity contribution in [2.45, 2.75) is 0 Å². The zero-order chi connectivity index (χ0) is 18.8. The maximum atomic E-state index is 13.5. The molecule has 0 unspecified atom stereocenters. The van der Waals surface area contributed by atoms with Crippen LogP contribution in [0.5, 0.6) is 0 Å². The van der Waals surface area contributed by atoms with Crippen LogP contribution in [0.1, 0.15) is 10.5 Å². The predicted octanol–water partition coefficient (Wildman–Crippen LogP) is 0.947. The minimum atomic E-state index is -0.491. The number of anilines is 1. The van der Waals surface area contributed by atoms with E-state index < -0.39 is 11.5 Å². The molecule has 1 aromatic carbocycles. The molecule has 0 bridgehead atoms. The number of H-pyrrole nitrogens is 1. The molecular formula is C17H14FN7O2. The minimum absolute atomic E-state index is 0.245. The van der Waals surface area contributed by atoms with Gasteiger partial charge in [0, 0.05) is 25.4 Å². The average molecular weight is 367 g/mol. The van der Waals surface area contributed by atoms with Gasteiger partial charge in [0.15, 0.2) is 5.82 Å². The first-order chi connectivity index (χ1) is 13.1. The van der Waals surface area contributed by atoms with Gasteiger partial charge < -0.3 is 10.6 Å². The van der Waals surface area contributed by atoms with Crippen molar-refractivity contribution >= 4 is 28.4 Å². The molecule has 4 rings (SSSR count). The smallest absolute Gasteiger partial charge is 0.348 e. The van der Waals surface area contributed by atoms with Crippen molar-refractivity contribution in [2.24, 2.45) is 0 Å². The molecule has 27 heavy (non-hydrogen) atoms. The molecule has 3 N–H and O–H groups in total. The van der Waals surface area contributed by atoms with Gasteiger partial charge in [-0.05, 0) is 24.3 Å². The number of hydrogen-bond donors (Lipinski definition) is 3. The average Bonchev–Trinajstić information content (AvgIpc) is 3.08. The largest absolute Gasteiger partial charge is 0.365 e. The third kappa shape index (κ3) is 3.19. The third-order valence-electron chi connectivity index (χ3n) is 3.90. The molecule has 9 nitrogen and oxygen atoms in total. The Morgan fingerprint density at radius 2 is 2.11 bits per heavy atom. The van der Waals surface area contributed by atoms with E-state index >= 15 is 0 Å². The number of aromatic nitrogens is 5. The van der Waals surface area contributed by atoms with E-state index in [0.29, 0.717) is 35.6 Å². The van der Waals surface area contributed by atoms with Gasteiger partial charge in [-0.3, -0.25) is 9.78 Å². The van der Waals surface area contributed by atoms with Crippen LogP contribution < -0.4 is 16.3 Å². The lowest BCUT2D eigenvalue weighted by atomic mass is 10.3. The zero-order valence-electron chi connectivity index (χ0n) is 13.9. The number of benzene rings is 1. The molecule has 0 aliphatic rings. The van der Waals surface area contributed by atoms with Gasteiger partial charge in [-0.25, -0.2) is 23.7 Å². The Labute approximate surface area is 151 Å². The molecule has 0 aliphatic carbocycles. The van der Waals surface area contributed by atoms with E-state index in [2.05, 4.69) is 30.8 Å². The standard InChI is InChI=1S/C17H14FN7O2/c18-10-4-5-11-13(9-10)25-15(23-24-17(25)27)14(22-11)20-7-8-21-16(26)12-3-1-2-6-19-12/h1-6,9H,7-8H2,(H,20,22)(H,21,26)(H,24,27). The van der Waals surface area contributed by atoms with Crippen LogP contribution in [0.3, 0.4) is 0 Å². The number of carbonyl (C=O) groups excluding carboxylic acids is 1. The lowest BCUT2D eigenvalue weighted by Crippen LogP contribution is -2.29. The monoisotopic (exact) mass is 367 g/mol. The van der Waals surface area contributed by atoms with Crippen molar-refractivity contribution < 1.29 is 9.18 Å². The van der Waals surface area contributed by atoms with Crippen LogP contribution in [0, 0.1) is 5.82 Å². The van der Waals surface area contributed by atoms with E-state index in [1.807, 2.05) is 0 Å². The highest BCUT2D eigenvalue weighted by molar-refractivity contribution is 5.92. The van der Waals surface area contributed by atoms with Crippen LogP contribution in [0.2, 0.25) is 0 Å². The van der Waals surface area contributed by atoms with Crippen LogP contribution in [0.15, 0.2) is 47.4 Å². The fraction of sp³-hybridized carbons (Fsp3) is 0.118. The van der Waals surface area contributed by atoms with Crippen molar-refractivity contribution in [3.05, 3.63) is 64.6 Å². The molecule has 4 aromatic rings. The summed E-state index contributed by atoms with van der Waals surface area (Å²) in [6.07, 6.45) is 1.54. The molecule has 0 spiro atoms. The highest BCUT2D eigenvalue weighted by atomic mass is 19.1. The molecule has 0 saturated heterocycles. The summed E-state index contributed by atoms with van der Waals surface area (Å²) >= 11 is 0. The number of hydrogen-bond acceptors (Lipinski definition) is 6. The number of nitrogens with zero attached hydrogens (tertiary/aromatic N) is 4. The Balaban J connectivity index is 1.53. The lowest BCUT2D eigenvalue weighted by Gasteiger charge is -2.09. The second-order valence-electron chi connectivity index (χ2n) is 5.68. The zero-order valence-corrected chi connectivity index (χ0v) is 13.9. The van der Waals surface area contributed by atoms with E-state index in [4.69, 9.17) is 0 Å². The summed E-state index contributed by atoms with van der Waals surface area (Å²) in [7, 11) is 0. The maximum Gasteiger partial charge on any atom is 0.348 e. The van der Waals surface area contributed by atoms with Gasteiger partial charge in [0.1, 0.15) is 11.5 Å². The molecule has 0 atom stereocenters. The summed E-state index contributed by atoms with van der Waals surface area (Å²) in [6.45, 7) is 0.647. The normalized spacial score (nSPS) is 11.0. The van der Waals surface area contributed by atoms with Crippen LogP contribution in [0.25, 0.3) is 16.7 Å². The summed E-state index contributed by atoms with van der Waals surface area (Å²) in [4.78, 5) is 32.4. The number of rotatable bonds is 5. The number of nitrogens with one attached hydrogen (secondary N) is 3. The van der Waals surface area contributed by atoms with E-state index in [-0.39, 0.29) is 11.6 Å². The van der Waals surface area contributed by atoms with Crippen molar-refractivity contribution in [1.82, 2.24) is 29.9 Å². The molecule has 0 fully saturated rings. The number of amides is 1. The first-order valence-corrected chi connectivity index (χ1v) is 8.13. The van der Waals surface area contributed by atoms with Gasteiger partial charge in [-0.2, -0.15) is 0 Å². The minimum Gasteiger partial charge on any atom is -0.365 e. The van der Waals surface area contributed by atoms with Crippen molar-refractivity contribution in [3.63, 3.8) is 0 Å². The van der Waals surface area contributed by atoms with Crippen molar-refractivity contribution in [1.29, 1.82) is 0 Å². The van der Waals surface area contributed by atoms with Gasteiger partial charge in [-0.15, -0.1) is 5.10 Å². The molecule has 0 radical (unpaired) electrons. The fourth-order valence-electron chi connectivity index (χ4n) is 2.68. The number of aromatic amines is 1. The molecule has 1 amide bonds. The highest BCUT2D eigenvalue weighted by Gasteiger charge is 2.13. The summed E-state index contributed by atoms with van der Waals surface area (Å²) in [6, 6.07) is 9.05.